The first-order valence-corrected chi connectivity index (χ1v) is 5.67. The maximum atomic E-state index is 11.5. The molecule has 18 heavy (non-hydrogen) atoms. The summed E-state index contributed by atoms with van der Waals surface area (Å²) in [4.78, 5) is 22.2. The number of aliphatic hydroxyl groups is 3. The molecule has 6 heteroatoms. The van der Waals surface area contributed by atoms with Gasteiger partial charge in [-0.2, -0.15) is 0 Å². The second-order valence-corrected chi connectivity index (χ2v) is 4.84. The molecule has 0 fully saturated rings. The molecule has 104 valence electrons. The Morgan fingerprint density at radius 2 is 1.94 bits per heavy atom. The lowest BCUT2D eigenvalue weighted by Crippen LogP contribution is -2.45. The third-order valence-electron chi connectivity index (χ3n) is 2.45. The summed E-state index contributed by atoms with van der Waals surface area (Å²) < 4.78 is 0. The van der Waals surface area contributed by atoms with E-state index >= 15 is 0 Å². The van der Waals surface area contributed by atoms with Gasteiger partial charge in [-0.25, -0.2) is 0 Å². The first kappa shape index (κ1) is 16.6. The number of amides is 1. The summed E-state index contributed by atoms with van der Waals surface area (Å²) in [7, 11) is 0. The molecule has 0 aromatic heterocycles. The topological polar surface area (TPSA) is 107 Å². The Balaban J connectivity index is 4.17. The summed E-state index contributed by atoms with van der Waals surface area (Å²) >= 11 is 0. The van der Waals surface area contributed by atoms with Crippen molar-refractivity contribution in [1.29, 1.82) is 0 Å². The van der Waals surface area contributed by atoms with E-state index in [0.29, 0.717) is 0 Å². The fraction of sp³-hybridized carbons (Fsp3) is 0.667. The van der Waals surface area contributed by atoms with Crippen molar-refractivity contribution in [2.45, 2.75) is 33.3 Å². The summed E-state index contributed by atoms with van der Waals surface area (Å²) in [6, 6.07) is 0. The van der Waals surface area contributed by atoms with Gasteiger partial charge in [0.15, 0.2) is 5.78 Å². The van der Waals surface area contributed by atoms with Crippen molar-refractivity contribution in [1.82, 2.24) is 5.32 Å². The van der Waals surface area contributed by atoms with E-state index < -0.39 is 17.4 Å². The molecule has 0 aliphatic carbocycles. The van der Waals surface area contributed by atoms with E-state index in [1.54, 1.807) is 13.8 Å². The second kappa shape index (κ2) is 7.13. The van der Waals surface area contributed by atoms with Crippen molar-refractivity contribution in [3.8, 4) is 0 Å². The molecule has 0 aliphatic rings. The number of hydrogen-bond acceptors (Lipinski definition) is 5. The quantitative estimate of drug-likeness (QED) is 0.377. The van der Waals surface area contributed by atoms with Gasteiger partial charge in [-0.1, -0.05) is 13.8 Å². The van der Waals surface area contributed by atoms with Crippen LogP contribution < -0.4 is 5.32 Å². The summed E-state index contributed by atoms with van der Waals surface area (Å²) in [5.74, 6) is -1.02. The molecule has 0 spiro atoms. The fourth-order valence-electron chi connectivity index (χ4n) is 1.16. The lowest BCUT2D eigenvalue weighted by Gasteiger charge is -2.27. The van der Waals surface area contributed by atoms with Crippen LogP contribution in [0.2, 0.25) is 0 Å². The molecule has 0 aromatic carbocycles. The molecule has 0 saturated carbocycles. The molecule has 0 aromatic rings. The molecule has 1 amide bonds. The zero-order valence-corrected chi connectivity index (χ0v) is 10.9. The monoisotopic (exact) mass is 259 g/mol. The van der Waals surface area contributed by atoms with E-state index in [9.17, 15) is 19.8 Å². The summed E-state index contributed by atoms with van der Waals surface area (Å²) in [6.45, 7) is 4.21. The van der Waals surface area contributed by atoms with Crippen LogP contribution in [0.15, 0.2) is 11.8 Å². The maximum Gasteiger partial charge on any atom is 0.249 e. The van der Waals surface area contributed by atoms with Crippen molar-refractivity contribution < 1.29 is 24.9 Å². The van der Waals surface area contributed by atoms with Crippen LogP contribution in [0.3, 0.4) is 0 Å². The van der Waals surface area contributed by atoms with Gasteiger partial charge in [0, 0.05) is 24.5 Å². The van der Waals surface area contributed by atoms with Gasteiger partial charge in [-0.3, -0.25) is 9.59 Å². The molecule has 1 atom stereocenters. The van der Waals surface area contributed by atoms with Crippen LogP contribution in [0.25, 0.3) is 0 Å². The van der Waals surface area contributed by atoms with Crippen LogP contribution in [0.4, 0.5) is 0 Å². The lowest BCUT2D eigenvalue weighted by molar-refractivity contribution is -0.137. The van der Waals surface area contributed by atoms with E-state index in [0.717, 1.165) is 6.08 Å². The first-order valence-electron chi connectivity index (χ1n) is 5.67. The van der Waals surface area contributed by atoms with E-state index in [4.69, 9.17) is 5.11 Å². The Kier molecular flexibility index (Phi) is 6.57. The second-order valence-electron chi connectivity index (χ2n) is 4.84. The van der Waals surface area contributed by atoms with Gasteiger partial charge in [0.25, 0.3) is 0 Å². The highest BCUT2D eigenvalue weighted by Gasteiger charge is 2.32. The van der Waals surface area contributed by atoms with Crippen molar-refractivity contribution in [3.05, 3.63) is 11.8 Å². The van der Waals surface area contributed by atoms with Gasteiger partial charge < -0.3 is 20.6 Å². The Labute approximate surface area is 106 Å². The van der Waals surface area contributed by atoms with Gasteiger partial charge in [0.1, 0.15) is 6.10 Å². The number of hydrogen-bond donors (Lipinski definition) is 4. The summed E-state index contributed by atoms with van der Waals surface area (Å²) in [5.41, 5.74) is -0.929. The lowest BCUT2D eigenvalue weighted by atomic mass is 9.87. The fourth-order valence-corrected chi connectivity index (χ4v) is 1.16. The SMILES string of the molecule is CC(=O)/C=C(\O)CCNC(=O)[C@H](O)C(C)(C)CO. The summed E-state index contributed by atoms with van der Waals surface area (Å²) in [6.07, 6.45) is -0.154. The smallest absolute Gasteiger partial charge is 0.249 e. The van der Waals surface area contributed by atoms with Gasteiger partial charge in [-0.15, -0.1) is 0 Å². The third-order valence-corrected chi connectivity index (χ3v) is 2.45. The van der Waals surface area contributed by atoms with E-state index in [-0.39, 0.29) is 31.1 Å². The van der Waals surface area contributed by atoms with Crippen LogP contribution in [0.1, 0.15) is 27.2 Å². The maximum absolute atomic E-state index is 11.5. The van der Waals surface area contributed by atoms with E-state index in [1.165, 1.54) is 6.92 Å². The molecule has 4 N–H and O–H groups in total. The minimum absolute atomic E-state index is 0.104. The molecule has 0 unspecified atom stereocenters. The Bertz CT molecular complexity index is 335. The van der Waals surface area contributed by atoms with Crippen molar-refractivity contribution in [2.75, 3.05) is 13.2 Å². The van der Waals surface area contributed by atoms with Crippen molar-refractivity contribution >= 4 is 11.7 Å². The minimum atomic E-state index is -1.33. The number of carbonyl (C=O) groups excluding carboxylic acids is 2. The van der Waals surface area contributed by atoms with E-state index in [2.05, 4.69) is 5.32 Å². The van der Waals surface area contributed by atoms with Crippen molar-refractivity contribution in [3.63, 3.8) is 0 Å². The Hall–Kier alpha value is -1.40. The molecule has 0 heterocycles. The number of rotatable bonds is 7. The third kappa shape index (κ3) is 5.79. The minimum Gasteiger partial charge on any atom is -0.512 e. The number of carbonyl (C=O) groups is 2. The van der Waals surface area contributed by atoms with Gasteiger partial charge in [0.2, 0.25) is 5.91 Å². The summed E-state index contributed by atoms with van der Waals surface area (Å²) in [5, 5.41) is 30.3. The zero-order valence-electron chi connectivity index (χ0n) is 10.9. The molecular formula is C12H21NO5. The Morgan fingerprint density at radius 3 is 2.39 bits per heavy atom. The average molecular weight is 259 g/mol. The standard InChI is InChI=1S/C12H21NO5/c1-8(15)6-9(16)4-5-13-11(18)10(17)12(2,3)7-14/h6,10,14,16-17H,4-5,7H2,1-3H3,(H,13,18)/b9-6-/t10-/m0/s1. The number of ketones is 1. The molecular weight excluding hydrogens is 238 g/mol. The molecule has 6 nitrogen and oxygen atoms in total. The predicted molar refractivity (Wildman–Crippen MR) is 65.9 cm³/mol. The molecule has 0 radical (unpaired) electrons. The number of aliphatic hydroxyl groups excluding tert-OH is 3. The first-order chi connectivity index (χ1) is 8.20. The Morgan fingerprint density at radius 1 is 1.39 bits per heavy atom. The highest BCUT2D eigenvalue weighted by molar-refractivity contribution is 5.87. The molecule has 0 aliphatic heterocycles. The molecule has 0 rings (SSSR count). The largest absolute Gasteiger partial charge is 0.512 e. The van der Waals surface area contributed by atoms with Gasteiger partial charge >= 0.3 is 0 Å². The number of allylic oxidation sites excluding steroid dienone is 1. The molecule has 0 saturated heterocycles. The van der Waals surface area contributed by atoms with Crippen LogP contribution in [0, 0.1) is 5.41 Å². The van der Waals surface area contributed by atoms with Crippen molar-refractivity contribution in [2.24, 2.45) is 5.41 Å². The number of nitrogens with one attached hydrogen (secondary N) is 1. The average Bonchev–Trinajstić information content (AvgIpc) is 2.26. The zero-order chi connectivity index (χ0) is 14.3. The predicted octanol–water partition coefficient (Wildman–Crippen LogP) is -0.0970. The van der Waals surface area contributed by atoms with E-state index in [1.807, 2.05) is 0 Å². The van der Waals surface area contributed by atoms with Gasteiger partial charge in [0.05, 0.1) is 12.4 Å². The van der Waals surface area contributed by atoms with Crippen LogP contribution >= 0.6 is 0 Å². The van der Waals surface area contributed by atoms with Crippen LogP contribution in [0.5, 0.6) is 0 Å². The molecule has 0 bridgehead atoms. The highest BCUT2D eigenvalue weighted by Crippen LogP contribution is 2.19. The van der Waals surface area contributed by atoms with Crippen LogP contribution in [-0.4, -0.2) is 46.3 Å². The highest BCUT2D eigenvalue weighted by atomic mass is 16.3. The van der Waals surface area contributed by atoms with Gasteiger partial charge in [-0.05, 0) is 6.92 Å². The van der Waals surface area contributed by atoms with Crippen LogP contribution in [-0.2, 0) is 9.59 Å². The normalized spacial score (nSPS) is 14.2.